The predicted octanol–water partition coefficient (Wildman–Crippen LogP) is 0.793. The topological polar surface area (TPSA) is 109 Å². The first-order valence-corrected chi connectivity index (χ1v) is 8.99. The van der Waals surface area contributed by atoms with Crippen molar-refractivity contribution in [3.8, 4) is 0 Å². The van der Waals surface area contributed by atoms with Crippen LogP contribution in [0.2, 0.25) is 0 Å². The van der Waals surface area contributed by atoms with Crippen molar-refractivity contribution in [2.45, 2.75) is 49.4 Å². The molecule has 5 atom stereocenters. The number of hydrogen-bond donors (Lipinski definition) is 3. The van der Waals surface area contributed by atoms with Gasteiger partial charge in [0.25, 0.3) is 0 Å². The molecule has 11 heteroatoms. The molecule has 142 valence electrons. The number of nitrogens with zero attached hydrogens (tertiary/aromatic N) is 5. The normalized spacial score (nSPS) is 31.4. The third-order valence-electron chi connectivity index (χ3n) is 4.78. The van der Waals surface area contributed by atoms with E-state index in [9.17, 15) is 14.6 Å². The van der Waals surface area contributed by atoms with Crippen LogP contribution in [0, 0.1) is 0 Å². The Balaban J connectivity index is 1.62. The number of ether oxygens (including phenoxy) is 1. The molecule has 26 heavy (non-hydrogen) atoms. The van der Waals surface area contributed by atoms with Gasteiger partial charge in [0.1, 0.15) is 24.6 Å². The summed E-state index contributed by atoms with van der Waals surface area (Å²) in [5, 5.41) is 22.3. The average molecular weight is 387 g/mol. The van der Waals surface area contributed by atoms with Crippen LogP contribution in [-0.4, -0.2) is 71.8 Å². The number of hydrogen-bond acceptors (Lipinski definition) is 8. The number of alkyl halides is 2. The van der Waals surface area contributed by atoms with Crippen molar-refractivity contribution in [2.75, 3.05) is 18.5 Å². The Hall–Kier alpha value is -1.59. The van der Waals surface area contributed by atoms with Gasteiger partial charge in [-0.2, -0.15) is 0 Å². The van der Waals surface area contributed by atoms with Gasteiger partial charge in [-0.1, -0.05) is 18.0 Å². The van der Waals surface area contributed by atoms with Crippen LogP contribution in [0.3, 0.4) is 0 Å². The Morgan fingerprint density at radius 2 is 1.96 bits per heavy atom. The number of anilines is 1. The zero-order valence-corrected chi connectivity index (χ0v) is 14.6. The van der Waals surface area contributed by atoms with E-state index < -0.39 is 30.2 Å². The second-order valence-corrected chi connectivity index (χ2v) is 6.93. The van der Waals surface area contributed by atoms with Gasteiger partial charge in [0.2, 0.25) is 5.63 Å². The van der Waals surface area contributed by atoms with Gasteiger partial charge in [0.15, 0.2) is 23.2 Å². The molecule has 3 N–H and O–H groups in total. The van der Waals surface area contributed by atoms with Crippen LogP contribution in [0.4, 0.5) is 10.2 Å². The van der Waals surface area contributed by atoms with Crippen LogP contribution in [-0.2, 0) is 4.74 Å². The number of aromatic nitrogens is 4. The van der Waals surface area contributed by atoms with Crippen LogP contribution in [0.25, 0.3) is 11.2 Å². The van der Waals surface area contributed by atoms with Crippen LogP contribution >= 0.6 is 11.6 Å². The van der Waals surface area contributed by atoms with Gasteiger partial charge in [-0.25, -0.2) is 24.4 Å². The van der Waals surface area contributed by atoms with Gasteiger partial charge >= 0.3 is 0 Å². The summed E-state index contributed by atoms with van der Waals surface area (Å²) < 4.78 is 20.3. The lowest BCUT2D eigenvalue weighted by Crippen LogP contribution is -2.35. The minimum absolute atomic E-state index is 0.404. The highest BCUT2D eigenvalue weighted by Gasteiger charge is 2.47. The first kappa shape index (κ1) is 17.8. The molecule has 2 aromatic rings. The Morgan fingerprint density at radius 3 is 2.65 bits per heavy atom. The van der Waals surface area contributed by atoms with Crippen LogP contribution in [0.5, 0.6) is 0 Å². The third-order valence-corrected chi connectivity index (χ3v) is 5.02. The molecular weight excluding hydrogens is 367 g/mol. The Morgan fingerprint density at radius 1 is 1.19 bits per heavy atom. The maximum atomic E-state index is 13.4. The van der Waals surface area contributed by atoms with Gasteiger partial charge in [0.05, 0.1) is 6.33 Å². The van der Waals surface area contributed by atoms with Gasteiger partial charge in [-0.15, -0.1) is 0 Å². The van der Waals surface area contributed by atoms with Crippen molar-refractivity contribution < 1.29 is 19.3 Å². The highest BCUT2D eigenvalue weighted by atomic mass is 35.5. The zero-order chi connectivity index (χ0) is 18.3. The van der Waals surface area contributed by atoms with Crippen molar-refractivity contribution in [1.82, 2.24) is 24.5 Å². The molecule has 4 rings (SSSR count). The molecule has 0 amide bonds. The van der Waals surface area contributed by atoms with Gasteiger partial charge in [0, 0.05) is 13.1 Å². The molecule has 2 aromatic heterocycles. The summed E-state index contributed by atoms with van der Waals surface area (Å²) in [5.41, 5.74) is 2.21. The molecule has 0 radical (unpaired) electrons. The summed E-state index contributed by atoms with van der Waals surface area (Å²) in [5.74, 6) is 0.543. The number of piperidine rings is 1. The minimum Gasteiger partial charge on any atom is -0.387 e. The first-order chi connectivity index (χ1) is 12.6. The lowest BCUT2D eigenvalue weighted by atomic mass is 10.1. The molecule has 2 fully saturated rings. The van der Waals surface area contributed by atoms with Crippen molar-refractivity contribution in [3.63, 3.8) is 0 Å². The van der Waals surface area contributed by atoms with Gasteiger partial charge < -0.3 is 20.4 Å². The number of hydrazine groups is 1. The molecule has 0 spiro atoms. The summed E-state index contributed by atoms with van der Waals surface area (Å²) in [7, 11) is 0. The lowest BCUT2D eigenvalue weighted by Gasteiger charge is -2.27. The van der Waals surface area contributed by atoms with E-state index in [1.807, 2.05) is 0 Å². The van der Waals surface area contributed by atoms with E-state index >= 15 is 0 Å². The summed E-state index contributed by atoms with van der Waals surface area (Å²) in [4.78, 5) is 12.8. The van der Waals surface area contributed by atoms with E-state index in [-0.39, 0.29) is 0 Å². The molecule has 2 aliphatic heterocycles. The van der Waals surface area contributed by atoms with Crippen molar-refractivity contribution in [1.29, 1.82) is 0 Å². The minimum atomic E-state index is -1.94. The van der Waals surface area contributed by atoms with Crippen molar-refractivity contribution in [2.24, 2.45) is 0 Å². The van der Waals surface area contributed by atoms with E-state index in [0.717, 1.165) is 25.9 Å². The molecule has 0 saturated carbocycles. The molecule has 0 aliphatic carbocycles. The van der Waals surface area contributed by atoms with Gasteiger partial charge in [-0.05, 0) is 12.8 Å². The zero-order valence-electron chi connectivity index (χ0n) is 13.9. The second kappa shape index (κ2) is 7.20. The Kier molecular flexibility index (Phi) is 4.93. The Bertz CT molecular complexity index is 771. The highest BCUT2D eigenvalue weighted by molar-refractivity contribution is 6.20. The van der Waals surface area contributed by atoms with Crippen LogP contribution < -0.4 is 5.43 Å². The van der Waals surface area contributed by atoms with Crippen molar-refractivity contribution in [3.05, 3.63) is 12.7 Å². The SMILES string of the molecule is O[C@@H]1[C@H](O)[C@@H](C(F)Cl)O[C@H]1n1cnc2c(NN3CCCCC3)ncnc21. The number of nitrogens with one attached hydrogen (secondary N) is 1. The molecule has 2 saturated heterocycles. The summed E-state index contributed by atoms with van der Waals surface area (Å²) in [6, 6.07) is 0. The monoisotopic (exact) mass is 386 g/mol. The second-order valence-electron chi connectivity index (χ2n) is 6.51. The fourth-order valence-electron chi connectivity index (χ4n) is 3.40. The molecule has 2 aliphatic rings. The molecular formula is C15H20ClFN6O3. The lowest BCUT2D eigenvalue weighted by molar-refractivity contribution is -0.0472. The van der Waals surface area contributed by atoms with Crippen LogP contribution in [0.1, 0.15) is 25.5 Å². The highest BCUT2D eigenvalue weighted by Crippen LogP contribution is 2.35. The maximum Gasteiger partial charge on any atom is 0.202 e. The fraction of sp³-hybridized carbons (Fsp3) is 0.667. The van der Waals surface area contributed by atoms with E-state index in [4.69, 9.17) is 16.3 Å². The largest absolute Gasteiger partial charge is 0.387 e. The third kappa shape index (κ3) is 3.12. The average Bonchev–Trinajstić information content (AvgIpc) is 3.19. The number of aliphatic hydroxyl groups excluding tert-OH is 2. The molecule has 0 bridgehead atoms. The first-order valence-electron chi connectivity index (χ1n) is 8.55. The summed E-state index contributed by atoms with van der Waals surface area (Å²) in [6.07, 6.45) is 1.05. The number of aliphatic hydroxyl groups is 2. The maximum absolute atomic E-state index is 13.4. The Labute approximate surface area is 153 Å². The molecule has 0 aromatic carbocycles. The van der Waals surface area contributed by atoms with Crippen molar-refractivity contribution >= 4 is 28.6 Å². The molecule has 1 unspecified atom stereocenters. The standard InChI is InChI=1S/C15H20ClFN6O3/c16-12(17)11-9(24)10(25)15(26-11)23-7-20-8-13(18-6-19-14(8)23)21-22-4-2-1-3-5-22/h6-7,9-12,15,24-25H,1-5H2,(H,18,19,21)/t9-,10+,11-,12?,15+/m0/s1. The fourth-order valence-corrected chi connectivity index (χ4v) is 3.61. The smallest absolute Gasteiger partial charge is 0.202 e. The number of fused-ring (bicyclic) bond motifs is 1. The summed E-state index contributed by atoms with van der Waals surface area (Å²) >= 11 is 5.39. The quantitative estimate of drug-likeness (QED) is 0.662. The number of rotatable bonds is 4. The number of halogens is 2. The molecule has 4 heterocycles. The van der Waals surface area contributed by atoms with E-state index in [0.29, 0.717) is 17.0 Å². The van der Waals surface area contributed by atoms with E-state index in [1.54, 1.807) is 0 Å². The molecule has 9 nitrogen and oxygen atoms in total. The number of imidazole rings is 1. The van der Waals surface area contributed by atoms with Gasteiger partial charge in [-0.3, -0.25) is 4.57 Å². The summed E-state index contributed by atoms with van der Waals surface area (Å²) in [6.45, 7) is 1.83. The van der Waals surface area contributed by atoms with E-state index in [2.05, 4.69) is 25.4 Å². The van der Waals surface area contributed by atoms with Crippen LogP contribution in [0.15, 0.2) is 12.7 Å². The van der Waals surface area contributed by atoms with E-state index in [1.165, 1.54) is 23.6 Å². The predicted molar refractivity (Wildman–Crippen MR) is 91.0 cm³/mol.